The van der Waals surface area contributed by atoms with Crippen LogP contribution in [0.2, 0.25) is 0 Å². The van der Waals surface area contributed by atoms with Gasteiger partial charge in [0.25, 0.3) is 0 Å². The van der Waals surface area contributed by atoms with Crippen LogP contribution in [-0.4, -0.2) is 31.8 Å². The molecule has 0 spiro atoms. The van der Waals surface area contributed by atoms with E-state index in [1.54, 1.807) is 20.4 Å². The van der Waals surface area contributed by atoms with Crippen LogP contribution in [-0.2, 0) is 6.42 Å². The van der Waals surface area contributed by atoms with E-state index in [-0.39, 0.29) is 5.54 Å². The van der Waals surface area contributed by atoms with E-state index in [1.807, 2.05) is 13.1 Å². The highest BCUT2D eigenvalue weighted by Crippen LogP contribution is 2.25. The quantitative estimate of drug-likeness (QED) is 0.825. The minimum atomic E-state index is 0.0135. The molecule has 0 saturated carbocycles. The number of ether oxygens (including phenoxy) is 2. The van der Waals surface area contributed by atoms with Crippen molar-refractivity contribution in [3.05, 3.63) is 17.8 Å². The summed E-state index contributed by atoms with van der Waals surface area (Å²) in [5, 5.41) is 3.26. The van der Waals surface area contributed by atoms with Crippen LogP contribution in [0.1, 0.15) is 19.4 Å². The molecule has 0 saturated heterocycles. The standard InChI is InChI=1S/C12H20N2O2/c1-12(2,13-3)7-9-6-11(16-5)14-8-10(9)15-4/h6,8,13H,7H2,1-5H3. The molecule has 1 N–H and O–H groups in total. The highest BCUT2D eigenvalue weighted by atomic mass is 16.5. The van der Waals surface area contributed by atoms with Gasteiger partial charge in [-0.05, 0) is 27.3 Å². The van der Waals surface area contributed by atoms with Gasteiger partial charge in [0.1, 0.15) is 5.75 Å². The molecular formula is C12H20N2O2. The lowest BCUT2D eigenvalue weighted by molar-refractivity contribution is 0.371. The van der Waals surface area contributed by atoms with E-state index in [0.29, 0.717) is 5.88 Å². The van der Waals surface area contributed by atoms with Crippen molar-refractivity contribution in [2.45, 2.75) is 25.8 Å². The second kappa shape index (κ2) is 5.16. The van der Waals surface area contributed by atoms with Gasteiger partial charge < -0.3 is 14.8 Å². The highest BCUT2D eigenvalue weighted by Gasteiger charge is 2.18. The average Bonchev–Trinajstić information content (AvgIpc) is 2.28. The summed E-state index contributed by atoms with van der Waals surface area (Å²) in [7, 11) is 5.21. The molecule has 1 rings (SSSR count). The first-order valence-corrected chi connectivity index (χ1v) is 5.28. The molecule has 0 fully saturated rings. The summed E-state index contributed by atoms with van der Waals surface area (Å²) < 4.78 is 10.4. The fourth-order valence-electron chi connectivity index (χ4n) is 1.46. The zero-order valence-electron chi connectivity index (χ0n) is 10.6. The van der Waals surface area contributed by atoms with E-state index in [0.717, 1.165) is 17.7 Å². The van der Waals surface area contributed by atoms with Crippen molar-refractivity contribution in [1.29, 1.82) is 0 Å². The first-order chi connectivity index (χ1) is 7.52. The number of aromatic nitrogens is 1. The molecule has 1 aromatic heterocycles. The lowest BCUT2D eigenvalue weighted by Crippen LogP contribution is -2.38. The van der Waals surface area contributed by atoms with Gasteiger partial charge in [0.05, 0.1) is 20.4 Å². The fourth-order valence-corrected chi connectivity index (χ4v) is 1.46. The molecule has 0 radical (unpaired) electrons. The Morgan fingerprint density at radius 2 is 2.00 bits per heavy atom. The summed E-state index contributed by atoms with van der Waals surface area (Å²) in [5.74, 6) is 1.41. The Hall–Kier alpha value is -1.29. The molecule has 0 bridgehead atoms. The molecule has 4 heteroatoms. The molecule has 1 aromatic rings. The fraction of sp³-hybridized carbons (Fsp3) is 0.583. The monoisotopic (exact) mass is 224 g/mol. The van der Waals surface area contributed by atoms with Crippen LogP contribution in [0.4, 0.5) is 0 Å². The lowest BCUT2D eigenvalue weighted by atomic mass is 9.95. The lowest BCUT2D eigenvalue weighted by Gasteiger charge is -2.25. The number of hydrogen-bond acceptors (Lipinski definition) is 4. The Balaban J connectivity index is 3.00. The average molecular weight is 224 g/mol. The van der Waals surface area contributed by atoms with Crippen molar-refractivity contribution in [3.8, 4) is 11.6 Å². The van der Waals surface area contributed by atoms with Crippen molar-refractivity contribution in [2.24, 2.45) is 0 Å². The Morgan fingerprint density at radius 3 is 2.50 bits per heavy atom. The molecular weight excluding hydrogens is 204 g/mol. The maximum Gasteiger partial charge on any atom is 0.213 e. The van der Waals surface area contributed by atoms with Crippen LogP contribution in [0.25, 0.3) is 0 Å². The maximum atomic E-state index is 5.29. The second-order valence-electron chi connectivity index (χ2n) is 4.35. The third-order valence-corrected chi connectivity index (χ3v) is 2.66. The molecule has 0 aliphatic carbocycles. The number of pyridine rings is 1. The molecule has 16 heavy (non-hydrogen) atoms. The Morgan fingerprint density at radius 1 is 1.31 bits per heavy atom. The first kappa shape index (κ1) is 12.8. The van der Waals surface area contributed by atoms with Gasteiger partial charge in [-0.3, -0.25) is 0 Å². The maximum absolute atomic E-state index is 5.29. The van der Waals surface area contributed by atoms with E-state index < -0.39 is 0 Å². The minimum absolute atomic E-state index is 0.0135. The van der Waals surface area contributed by atoms with Gasteiger partial charge in [0, 0.05) is 17.2 Å². The summed E-state index contributed by atoms with van der Waals surface area (Å²) in [6, 6.07) is 1.91. The van der Waals surface area contributed by atoms with Crippen molar-refractivity contribution in [1.82, 2.24) is 10.3 Å². The van der Waals surface area contributed by atoms with E-state index in [9.17, 15) is 0 Å². The van der Waals surface area contributed by atoms with Gasteiger partial charge in [-0.15, -0.1) is 0 Å². The van der Waals surface area contributed by atoms with Crippen LogP contribution >= 0.6 is 0 Å². The predicted octanol–water partition coefficient (Wildman–Crippen LogP) is 1.64. The molecule has 1 heterocycles. The number of likely N-dealkylation sites (N-methyl/N-ethyl adjacent to an activating group) is 1. The van der Waals surface area contributed by atoms with Crippen LogP contribution < -0.4 is 14.8 Å². The molecule has 4 nitrogen and oxygen atoms in total. The summed E-state index contributed by atoms with van der Waals surface area (Å²) in [4.78, 5) is 4.12. The van der Waals surface area contributed by atoms with Crippen LogP contribution in [0.15, 0.2) is 12.3 Å². The second-order valence-corrected chi connectivity index (χ2v) is 4.35. The van der Waals surface area contributed by atoms with E-state index >= 15 is 0 Å². The molecule has 0 aliphatic rings. The molecule has 0 aromatic carbocycles. The van der Waals surface area contributed by atoms with Crippen molar-refractivity contribution in [2.75, 3.05) is 21.3 Å². The smallest absolute Gasteiger partial charge is 0.213 e. The van der Waals surface area contributed by atoms with Crippen LogP contribution in [0, 0.1) is 0 Å². The molecule has 0 aliphatic heterocycles. The summed E-state index contributed by atoms with van der Waals surface area (Å²) in [5.41, 5.74) is 1.10. The van der Waals surface area contributed by atoms with Crippen molar-refractivity contribution < 1.29 is 9.47 Å². The van der Waals surface area contributed by atoms with Gasteiger partial charge in [0.15, 0.2) is 0 Å². The largest absolute Gasteiger partial charge is 0.495 e. The summed E-state index contributed by atoms with van der Waals surface area (Å²) in [6.45, 7) is 4.28. The highest BCUT2D eigenvalue weighted by molar-refractivity contribution is 5.35. The minimum Gasteiger partial charge on any atom is -0.495 e. The van der Waals surface area contributed by atoms with E-state index in [2.05, 4.69) is 24.1 Å². The molecule has 0 amide bonds. The number of nitrogens with zero attached hydrogens (tertiary/aromatic N) is 1. The SMILES string of the molecule is CNC(C)(C)Cc1cc(OC)ncc1OC. The first-order valence-electron chi connectivity index (χ1n) is 5.28. The predicted molar refractivity (Wildman–Crippen MR) is 64.2 cm³/mol. The molecule has 0 unspecified atom stereocenters. The van der Waals surface area contributed by atoms with Gasteiger partial charge in [-0.25, -0.2) is 4.98 Å². The van der Waals surface area contributed by atoms with Crippen molar-refractivity contribution >= 4 is 0 Å². The third-order valence-electron chi connectivity index (χ3n) is 2.66. The van der Waals surface area contributed by atoms with Gasteiger partial charge in [-0.1, -0.05) is 0 Å². The van der Waals surface area contributed by atoms with E-state index in [4.69, 9.17) is 9.47 Å². The third kappa shape index (κ3) is 3.10. The Labute approximate surface area is 97.0 Å². The molecule has 0 atom stereocenters. The Bertz CT molecular complexity index is 351. The summed E-state index contributed by atoms with van der Waals surface area (Å²) in [6.07, 6.45) is 2.55. The summed E-state index contributed by atoms with van der Waals surface area (Å²) >= 11 is 0. The number of rotatable bonds is 5. The van der Waals surface area contributed by atoms with Gasteiger partial charge >= 0.3 is 0 Å². The van der Waals surface area contributed by atoms with Crippen LogP contribution in [0.5, 0.6) is 11.6 Å². The Kier molecular flexibility index (Phi) is 4.12. The normalized spacial score (nSPS) is 11.3. The number of nitrogens with one attached hydrogen (secondary N) is 1. The van der Waals surface area contributed by atoms with Crippen molar-refractivity contribution in [3.63, 3.8) is 0 Å². The number of methoxy groups -OCH3 is 2. The van der Waals surface area contributed by atoms with E-state index in [1.165, 1.54) is 0 Å². The van der Waals surface area contributed by atoms with Gasteiger partial charge in [0.2, 0.25) is 5.88 Å². The topological polar surface area (TPSA) is 43.4 Å². The molecule has 90 valence electrons. The van der Waals surface area contributed by atoms with Gasteiger partial charge in [-0.2, -0.15) is 0 Å². The number of hydrogen-bond donors (Lipinski definition) is 1. The zero-order valence-corrected chi connectivity index (χ0v) is 10.6. The van der Waals surface area contributed by atoms with Crippen LogP contribution in [0.3, 0.4) is 0 Å². The zero-order chi connectivity index (χ0) is 12.2.